The topological polar surface area (TPSA) is 69.4 Å². The van der Waals surface area contributed by atoms with E-state index in [1.165, 1.54) is 12.7 Å². The lowest BCUT2D eigenvalue weighted by Crippen LogP contribution is -2.00. The van der Waals surface area contributed by atoms with Crippen LogP contribution in [0.5, 0.6) is 0 Å². The number of benzene rings is 2. The Morgan fingerprint density at radius 1 is 1.20 bits per heavy atom. The van der Waals surface area contributed by atoms with Crippen molar-refractivity contribution in [2.75, 3.05) is 7.11 Å². The van der Waals surface area contributed by atoms with Crippen LogP contribution in [0.2, 0.25) is 0 Å². The second kappa shape index (κ2) is 8.25. The van der Waals surface area contributed by atoms with E-state index in [1.54, 1.807) is 53.2 Å². The van der Waals surface area contributed by atoms with Crippen molar-refractivity contribution in [2.24, 2.45) is 5.10 Å². The Morgan fingerprint density at radius 2 is 1.96 bits per heavy atom. The van der Waals surface area contributed by atoms with Gasteiger partial charge < -0.3 is 4.74 Å². The number of ether oxygens (including phenoxy) is 1. The zero-order valence-corrected chi connectivity index (χ0v) is 14.4. The van der Waals surface area contributed by atoms with E-state index in [2.05, 4.69) is 32.2 Å². The van der Waals surface area contributed by atoms with Crippen molar-refractivity contribution in [3.05, 3.63) is 77.6 Å². The molecule has 3 rings (SSSR count). The lowest BCUT2D eigenvalue weighted by molar-refractivity contribution is 0.0600. The molecule has 25 heavy (non-hydrogen) atoms. The zero-order valence-electron chi connectivity index (χ0n) is 13.6. The van der Waals surface area contributed by atoms with Crippen LogP contribution in [0.25, 0.3) is 0 Å². The molecule has 0 spiro atoms. The monoisotopic (exact) mass is 352 g/mol. The van der Waals surface area contributed by atoms with Crippen molar-refractivity contribution < 1.29 is 9.53 Å². The maximum atomic E-state index is 11.4. The number of rotatable bonds is 6. The van der Waals surface area contributed by atoms with Gasteiger partial charge in [0.1, 0.15) is 6.33 Å². The van der Waals surface area contributed by atoms with Crippen LogP contribution in [0.3, 0.4) is 0 Å². The van der Waals surface area contributed by atoms with Crippen LogP contribution in [0.4, 0.5) is 0 Å². The van der Waals surface area contributed by atoms with E-state index in [4.69, 9.17) is 0 Å². The maximum absolute atomic E-state index is 11.4. The largest absolute Gasteiger partial charge is 0.465 e. The number of methoxy groups -OCH3 is 1. The van der Waals surface area contributed by atoms with Gasteiger partial charge in [-0.25, -0.2) is 4.79 Å². The number of hydrogen-bond donors (Lipinski definition) is 0. The molecule has 0 atom stereocenters. The van der Waals surface area contributed by atoms with E-state index in [0.29, 0.717) is 10.7 Å². The van der Waals surface area contributed by atoms with Gasteiger partial charge in [-0.15, -0.1) is 10.2 Å². The third-order valence-electron chi connectivity index (χ3n) is 3.37. The molecular formula is C18H16N4O2S. The summed E-state index contributed by atoms with van der Waals surface area (Å²) in [6, 6.07) is 17.2. The van der Waals surface area contributed by atoms with Crippen molar-refractivity contribution >= 4 is 23.9 Å². The van der Waals surface area contributed by atoms with Crippen LogP contribution in [0, 0.1) is 0 Å². The van der Waals surface area contributed by atoms with Crippen LogP contribution >= 0.6 is 11.8 Å². The Bertz CT molecular complexity index is 860. The van der Waals surface area contributed by atoms with Gasteiger partial charge in [0.15, 0.2) is 0 Å². The lowest BCUT2D eigenvalue weighted by Gasteiger charge is -2.01. The minimum Gasteiger partial charge on any atom is -0.465 e. The predicted octanol–water partition coefficient (Wildman–Crippen LogP) is 3.24. The summed E-state index contributed by atoms with van der Waals surface area (Å²) in [6.07, 6.45) is 3.25. The van der Waals surface area contributed by atoms with Gasteiger partial charge in [0.05, 0.1) is 18.9 Å². The summed E-state index contributed by atoms with van der Waals surface area (Å²) in [5.41, 5.74) is 2.58. The first-order chi connectivity index (χ1) is 12.3. The quantitative estimate of drug-likeness (QED) is 0.387. The average molecular weight is 352 g/mol. The highest BCUT2D eigenvalue weighted by molar-refractivity contribution is 7.98. The van der Waals surface area contributed by atoms with E-state index >= 15 is 0 Å². The summed E-state index contributed by atoms with van der Waals surface area (Å²) in [7, 11) is 1.36. The van der Waals surface area contributed by atoms with Gasteiger partial charge in [-0.2, -0.15) is 9.78 Å². The average Bonchev–Trinajstić information content (AvgIpc) is 3.13. The molecule has 0 saturated heterocycles. The minimum atomic E-state index is -0.359. The molecule has 0 radical (unpaired) electrons. The molecule has 7 heteroatoms. The third-order valence-corrected chi connectivity index (χ3v) is 4.38. The highest BCUT2D eigenvalue weighted by atomic mass is 32.2. The smallest absolute Gasteiger partial charge is 0.337 e. The molecule has 1 aromatic heterocycles. The molecule has 0 bridgehead atoms. The molecule has 1 heterocycles. The molecule has 126 valence electrons. The lowest BCUT2D eigenvalue weighted by atomic mass is 10.1. The highest BCUT2D eigenvalue weighted by Crippen LogP contribution is 2.20. The Hall–Kier alpha value is -2.93. The molecule has 0 aliphatic carbocycles. The summed E-state index contributed by atoms with van der Waals surface area (Å²) in [5, 5.41) is 13.1. The van der Waals surface area contributed by atoms with Gasteiger partial charge in [0.2, 0.25) is 5.16 Å². The van der Waals surface area contributed by atoms with Crippen LogP contribution in [0.15, 0.2) is 71.2 Å². The first-order valence-electron chi connectivity index (χ1n) is 7.56. The van der Waals surface area contributed by atoms with Crippen molar-refractivity contribution in [3.63, 3.8) is 0 Å². The van der Waals surface area contributed by atoms with Crippen LogP contribution in [-0.4, -0.2) is 34.2 Å². The first-order valence-corrected chi connectivity index (χ1v) is 8.54. The number of hydrogen-bond acceptors (Lipinski definition) is 6. The molecule has 0 N–H and O–H groups in total. The molecule has 6 nitrogen and oxygen atoms in total. The van der Waals surface area contributed by atoms with Gasteiger partial charge in [-0.05, 0) is 23.3 Å². The fraction of sp³-hybridized carbons (Fsp3) is 0.111. The number of carbonyl (C=O) groups is 1. The minimum absolute atomic E-state index is 0.359. The number of esters is 1. The molecule has 0 fully saturated rings. The van der Waals surface area contributed by atoms with Crippen LogP contribution in [-0.2, 0) is 10.5 Å². The SMILES string of the molecule is COC(=O)c1ccc(/C=N\n2cnnc2SCc2ccccc2)cc1. The van der Waals surface area contributed by atoms with Gasteiger partial charge in [0.25, 0.3) is 0 Å². The Morgan fingerprint density at radius 3 is 2.68 bits per heavy atom. The second-order valence-corrected chi connectivity index (χ2v) is 6.03. The maximum Gasteiger partial charge on any atom is 0.337 e. The van der Waals surface area contributed by atoms with Crippen molar-refractivity contribution in [1.82, 2.24) is 14.9 Å². The van der Waals surface area contributed by atoms with E-state index in [1.807, 2.05) is 18.2 Å². The molecular weight excluding hydrogens is 336 g/mol. The fourth-order valence-corrected chi connectivity index (χ4v) is 2.89. The van der Waals surface area contributed by atoms with Gasteiger partial charge >= 0.3 is 5.97 Å². The summed E-state index contributed by atoms with van der Waals surface area (Å²) in [4.78, 5) is 11.4. The van der Waals surface area contributed by atoms with Gasteiger partial charge in [-0.3, -0.25) is 0 Å². The summed E-state index contributed by atoms with van der Waals surface area (Å²) in [5.74, 6) is 0.435. The molecule has 0 unspecified atom stereocenters. The zero-order chi connectivity index (χ0) is 17.5. The first kappa shape index (κ1) is 16.9. The van der Waals surface area contributed by atoms with Crippen LogP contribution in [0.1, 0.15) is 21.5 Å². The molecule has 0 saturated carbocycles. The Kier molecular flexibility index (Phi) is 5.58. The number of thioether (sulfide) groups is 1. The Labute approximate surface area is 149 Å². The van der Waals surface area contributed by atoms with Crippen molar-refractivity contribution in [2.45, 2.75) is 10.9 Å². The normalized spacial score (nSPS) is 10.9. The van der Waals surface area contributed by atoms with Gasteiger partial charge in [0, 0.05) is 5.75 Å². The molecule has 3 aromatic rings. The number of aromatic nitrogens is 3. The highest BCUT2D eigenvalue weighted by Gasteiger charge is 2.05. The van der Waals surface area contributed by atoms with Crippen LogP contribution < -0.4 is 0 Å². The predicted molar refractivity (Wildman–Crippen MR) is 96.8 cm³/mol. The summed E-state index contributed by atoms with van der Waals surface area (Å²) in [6.45, 7) is 0. The standard InChI is InChI=1S/C18H16N4O2S/c1-24-17(23)16-9-7-14(8-10-16)11-20-22-13-19-21-18(22)25-12-15-5-3-2-4-6-15/h2-11,13H,12H2,1H3/b20-11-. The van der Waals surface area contributed by atoms with E-state index in [9.17, 15) is 4.79 Å². The van der Waals surface area contributed by atoms with E-state index in [0.717, 1.165) is 11.3 Å². The second-order valence-electron chi connectivity index (χ2n) is 5.09. The van der Waals surface area contributed by atoms with Gasteiger partial charge in [-0.1, -0.05) is 54.2 Å². The third kappa shape index (κ3) is 4.54. The van der Waals surface area contributed by atoms with Crippen molar-refractivity contribution in [3.8, 4) is 0 Å². The number of nitrogens with zero attached hydrogens (tertiary/aromatic N) is 4. The van der Waals surface area contributed by atoms with Crippen molar-refractivity contribution in [1.29, 1.82) is 0 Å². The van der Waals surface area contributed by atoms with E-state index in [-0.39, 0.29) is 5.97 Å². The van der Waals surface area contributed by atoms with E-state index < -0.39 is 0 Å². The molecule has 0 amide bonds. The number of carbonyl (C=O) groups excluding carboxylic acids is 1. The molecule has 2 aromatic carbocycles. The molecule has 0 aliphatic rings. The molecule has 0 aliphatic heterocycles. The Balaban J connectivity index is 1.66. The summed E-state index contributed by atoms with van der Waals surface area (Å²) >= 11 is 1.57. The summed E-state index contributed by atoms with van der Waals surface area (Å²) < 4.78 is 6.30. The fourth-order valence-electron chi connectivity index (χ4n) is 2.07.